The van der Waals surface area contributed by atoms with Crippen LogP contribution in [0.2, 0.25) is 0 Å². The molecule has 0 spiro atoms. The zero-order valence-corrected chi connectivity index (χ0v) is 18.8. The summed E-state index contributed by atoms with van der Waals surface area (Å²) in [6.07, 6.45) is 0. The molecule has 3 heterocycles. The number of carbonyl (C=O) groups is 1. The summed E-state index contributed by atoms with van der Waals surface area (Å²) in [7, 11) is 0. The number of rotatable bonds is 4. The van der Waals surface area contributed by atoms with Gasteiger partial charge in [-0.05, 0) is 36.1 Å². The number of hydrogen-bond acceptors (Lipinski definition) is 4. The molecule has 5 nitrogen and oxygen atoms in total. The van der Waals surface area contributed by atoms with Crippen molar-refractivity contribution in [2.75, 3.05) is 31.1 Å². The zero-order chi connectivity index (χ0) is 22.1. The third kappa shape index (κ3) is 3.94. The summed E-state index contributed by atoms with van der Waals surface area (Å²) in [5, 5.41) is 3.01. The fourth-order valence-corrected chi connectivity index (χ4v) is 5.07. The molecule has 0 atom stereocenters. The fourth-order valence-electron chi connectivity index (χ4n) is 4.38. The number of pyridine rings is 1. The van der Waals surface area contributed by atoms with E-state index in [-0.39, 0.29) is 11.5 Å². The van der Waals surface area contributed by atoms with Gasteiger partial charge in [-0.25, -0.2) is 0 Å². The number of fused-ring (bicyclic) bond motifs is 1. The van der Waals surface area contributed by atoms with E-state index < -0.39 is 0 Å². The third-order valence-corrected chi connectivity index (χ3v) is 6.93. The van der Waals surface area contributed by atoms with E-state index in [1.807, 2.05) is 57.3 Å². The van der Waals surface area contributed by atoms with Crippen molar-refractivity contribution < 1.29 is 4.79 Å². The van der Waals surface area contributed by atoms with Crippen molar-refractivity contribution in [3.8, 4) is 0 Å². The molecule has 2 aromatic heterocycles. The molecule has 0 aliphatic carbocycles. The highest BCUT2D eigenvalue weighted by molar-refractivity contribution is 7.12. The number of benzene rings is 2. The van der Waals surface area contributed by atoms with E-state index in [0.717, 1.165) is 32.6 Å². The standard InChI is InChI=1S/C26H25N3O2S/c1-19-9-10-22-21(16-19)23(17-25(30)29(22)18-20-6-3-2-4-7-20)27-11-13-28(14-12-27)26(31)24-8-5-15-32-24/h2-10,15-17H,11-14,18H2,1H3. The van der Waals surface area contributed by atoms with Crippen LogP contribution in [0, 0.1) is 6.92 Å². The second-order valence-electron chi connectivity index (χ2n) is 8.22. The molecule has 1 saturated heterocycles. The molecule has 0 N–H and O–H groups in total. The van der Waals surface area contributed by atoms with Gasteiger partial charge in [0.05, 0.1) is 22.6 Å². The molecular formula is C26H25N3O2S. The molecule has 0 saturated carbocycles. The van der Waals surface area contributed by atoms with Crippen LogP contribution in [0.3, 0.4) is 0 Å². The quantitative estimate of drug-likeness (QED) is 0.470. The molecule has 0 bridgehead atoms. The topological polar surface area (TPSA) is 45.6 Å². The predicted octanol–water partition coefficient (Wildman–Crippen LogP) is 4.38. The highest BCUT2D eigenvalue weighted by Gasteiger charge is 2.24. The van der Waals surface area contributed by atoms with Gasteiger partial charge in [0.2, 0.25) is 0 Å². The zero-order valence-electron chi connectivity index (χ0n) is 18.0. The second-order valence-corrected chi connectivity index (χ2v) is 9.16. The number of anilines is 1. The lowest BCUT2D eigenvalue weighted by atomic mass is 10.1. The average Bonchev–Trinajstić information content (AvgIpc) is 3.36. The van der Waals surface area contributed by atoms with Gasteiger partial charge >= 0.3 is 0 Å². The number of hydrogen-bond donors (Lipinski definition) is 0. The molecule has 2 aromatic carbocycles. The number of aryl methyl sites for hydroxylation is 1. The van der Waals surface area contributed by atoms with Crippen molar-refractivity contribution in [1.29, 1.82) is 0 Å². The Hall–Kier alpha value is -3.38. The highest BCUT2D eigenvalue weighted by atomic mass is 32.1. The van der Waals surface area contributed by atoms with E-state index in [4.69, 9.17) is 0 Å². The van der Waals surface area contributed by atoms with E-state index in [2.05, 4.69) is 30.0 Å². The molecule has 32 heavy (non-hydrogen) atoms. The van der Waals surface area contributed by atoms with Gasteiger partial charge in [0.1, 0.15) is 0 Å². The van der Waals surface area contributed by atoms with Crippen molar-refractivity contribution >= 4 is 33.8 Å². The van der Waals surface area contributed by atoms with Gasteiger partial charge in [0.15, 0.2) is 0 Å². The Morgan fingerprint density at radius 3 is 2.44 bits per heavy atom. The molecule has 1 fully saturated rings. The summed E-state index contributed by atoms with van der Waals surface area (Å²) in [4.78, 5) is 30.8. The number of aromatic nitrogens is 1. The van der Waals surface area contributed by atoms with Gasteiger partial charge in [0, 0.05) is 37.6 Å². The largest absolute Gasteiger partial charge is 0.367 e. The molecule has 6 heteroatoms. The first-order chi connectivity index (χ1) is 15.6. The van der Waals surface area contributed by atoms with Crippen LogP contribution in [-0.2, 0) is 6.54 Å². The van der Waals surface area contributed by atoms with Crippen molar-refractivity contribution in [1.82, 2.24) is 9.47 Å². The fraction of sp³-hybridized carbons (Fsp3) is 0.231. The first-order valence-electron chi connectivity index (χ1n) is 10.9. The van der Waals surface area contributed by atoms with Crippen LogP contribution >= 0.6 is 11.3 Å². The number of carbonyl (C=O) groups excluding carboxylic acids is 1. The lowest BCUT2D eigenvalue weighted by Gasteiger charge is -2.36. The Labute approximate surface area is 191 Å². The number of piperazine rings is 1. The number of thiophene rings is 1. The smallest absolute Gasteiger partial charge is 0.264 e. The summed E-state index contributed by atoms with van der Waals surface area (Å²) in [5.41, 5.74) is 4.16. The Morgan fingerprint density at radius 2 is 1.72 bits per heavy atom. The normalized spacial score (nSPS) is 14.2. The second kappa shape index (κ2) is 8.63. The maximum atomic E-state index is 13.2. The van der Waals surface area contributed by atoms with Gasteiger partial charge in [-0.2, -0.15) is 0 Å². The Balaban J connectivity index is 1.46. The SMILES string of the molecule is Cc1ccc2c(c1)c(N1CCN(C(=O)c3cccs3)CC1)cc(=O)n2Cc1ccccc1. The van der Waals surface area contributed by atoms with Crippen LogP contribution in [0.25, 0.3) is 10.9 Å². The molecule has 4 aromatic rings. The molecule has 1 amide bonds. The minimum atomic E-state index is -0.00250. The summed E-state index contributed by atoms with van der Waals surface area (Å²) in [6, 6.07) is 21.9. The maximum Gasteiger partial charge on any atom is 0.264 e. The Kier molecular flexibility index (Phi) is 5.53. The van der Waals surface area contributed by atoms with Crippen molar-refractivity contribution in [3.63, 3.8) is 0 Å². The predicted molar refractivity (Wildman–Crippen MR) is 131 cm³/mol. The van der Waals surface area contributed by atoms with E-state index >= 15 is 0 Å². The van der Waals surface area contributed by atoms with Crippen LogP contribution in [0.15, 0.2) is 76.9 Å². The van der Waals surface area contributed by atoms with Gasteiger partial charge in [0.25, 0.3) is 11.5 Å². The Morgan fingerprint density at radius 1 is 0.938 bits per heavy atom. The summed E-state index contributed by atoms with van der Waals surface area (Å²) >= 11 is 1.48. The number of amides is 1. The lowest BCUT2D eigenvalue weighted by molar-refractivity contribution is 0.0752. The van der Waals surface area contributed by atoms with E-state index in [9.17, 15) is 9.59 Å². The average molecular weight is 444 g/mol. The van der Waals surface area contributed by atoms with Crippen LogP contribution in [0.4, 0.5) is 5.69 Å². The Bertz CT molecular complexity index is 1300. The maximum absolute atomic E-state index is 13.2. The molecule has 5 rings (SSSR count). The first-order valence-corrected chi connectivity index (χ1v) is 11.7. The van der Waals surface area contributed by atoms with Crippen LogP contribution in [0.5, 0.6) is 0 Å². The first kappa shape index (κ1) is 20.5. The molecule has 1 aliphatic heterocycles. The van der Waals surface area contributed by atoms with E-state index in [1.165, 1.54) is 11.3 Å². The van der Waals surface area contributed by atoms with E-state index in [1.54, 1.807) is 6.07 Å². The summed E-state index contributed by atoms with van der Waals surface area (Å²) in [6.45, 7) is 5.34. The summed E-state index contributed by atoms with van der Waals surface area (Å²) in [5.74, 6) is 0.0960. The lowest BCUT2D eigenvalue weighted by Crippen LogP contribution is -2.49. The van der Waals surface area contributed by atoms with Crippen molar-refractivity contribution in [3.05, 3.63) is 98.5 Å². The van der Waals surface area contributed by atoms with Gasteiger partial charge in [-0.15, -0.1) is 11.3 Å². The highest BCUT2D eigenvalue weighted by Crippen LogP contribution is 2.28. The third-order valence-electron chi connectivity index (χ3n) is 6.07. The minimum Gasteiger partial charge on any atom is -0.367 e. The summed E-state index contributed by atoms with van der Waals surface area (Å²) < 4.78 is 1.85. The van der Waals surface area contributed by atoms with Crippen molar-refractivity contribution in [2.45, 2.75) is 13.5 Å². The van der Waals surface area contributed by atoms with Gasteiger partial charge in [-0.3, -0.25) is 9.59 Å². The minimum absolute atomic E-state index is 0.00250. The van der Waals surface area contributed by atoms with E-state index in [0.29, 0.717) is 32.7 Å². The van der Waals surface area contributed by atoms with Gasteiger partial charge < -0.3 is 14.4 Å². The van der Waals surface area contributed by atoms with Gasteiger partial charge in [-0.1, -0.05) is 48.0 Å². The molecule has 162 valence electrons. The van der Waals surface area contributed by atoms with Crippen LogP contribution < -0.4 is 10.5 Å². The molecule has 0 radical (unpaired) electrons. The monoisotopic (exact) mass is 443 g/mol. The van der Waals surface area contributed by atoms with Crippen molar-refractivity contribution in [2.24, 2.45) is 0 Å². The van der Waals surface area contributed by atoms with Crippen LogP contribution in [-0.4, -0.2) is 41.6 Å². The number of nitrogens with zero attached hydrogens (tertiary/aromatic N) is 3. The molecule has 0 unspecified atom stereocenters. The van der Waals surface area contributed by atoms with Crippen LogP contribution in [0.1, 0.15) is 20.8 Å². The molecule has 1 aliphatic rings. The molecular weight excluding hydrogens is 418 g/mol.